The smallest absolute Gasteiger partial charge is 0.464 e. The highest BCUT2D eigenvalue weighted by molar-refractivity contribution is 7.47. The van der Waals surface area contributed by atoms with Crippen molar-refractivity contribution < 1.29 is 37.6 Å². The Morgan fingerprint density at radius 3 is 2.47 bits per heavy atom. The molecule has 0 amide bonds. The second-order valence-electron chi connectivity index (χ2n) is 2.67. The highest BCUT2D eigenvalue weighted by Crippen LogP contribution is 2.42. The predicted octanol–water partition coefficient (Wildman–Crippen LogP) is -1.21. The first-order chi connectivity index (χ1) is 8.05. The zero-order chi connectivity index (χ0) is 13.1. The molecule has 10 heteroatoms. The molecule has 9 nitrogen and oxygen atoms in total. The summed E-state index contributed by atoms with van der Waals surface area (Å²) in [6.45, 7) is -0.603. The van der Waals surface area contributed by atoms with Gasteiger partial charge in [-0.05, 0) is 0 Å². The van der Waals surface area contributed by atoms with Gasteiger partial charge in [-0.2, -0.15) is 0 Å². The van der Waals surface area contributed by atoms with Gasteiger partial charge in [0.2, 0.25) is 0 Å². The van der Waals surface area contributed by atoms with E-state index >= 15 is 0 Å². The van der Waals surface area contributed by atoms with E-state index in [4.69, 9.17) is 10.6 Å². The molecule has 0 aromatic heterocycles. The van der Waals surface area contributed by atoms with E-state index in [0.717, 1.165) is 0 Å². The van der Waals surface area contributed by atoms with Crippen LogP contribution in [0.3, 0.4) is 0 Å². The van der Waals surface area contributed by atoms with Gasteiger partial charge >= 0.3 is 7.82 Å². The number of carbonyl (C=O) groups excluding carboxylic acids is 2. The SMILES string of the molecule is NCCOP(=O)(O)OC[C@@H](COC=O)OC=O. The van der Waals surface area contributed by atoms with Gasteiger partial charge in [-0.25, -0.2) is 4.57 Å². The number of phosphoric acid groups is 1. The molecule has 17 heavy (non-hydrogen) atoms. The Hall–Kier alpha value is -0.990. The van der Waals surface area contributed by atoms with Crippen molar-refractivity contribution in [2.45, 2.75) is 6.10 Å². The van der Waals surface area contributed by atoms with E-state index < -0.39 is 20.5 Å². The number of carbonyl (C=O) groups is 2. The van der Waals surface area contributed by atoms with Crippen LogP contribution in [0.4, 0.5) is 0 Å². The molecule has 0 saturated heterocycles. The molecule has 0 aromatic rings. The summed E-state index contributed by atoms with van der Waals surface area (Å²) in [7, 11) is -4.24. The first-order valence-electron chi connectivity index (χ1n) is 4.52. The summed E-state index contributed by atoms with van der Waals surface area (Å²) in [5, 5.41) is 0. The Kier molecular flexibility index (Phi) is 8.55. The van der Waals surface area contributed by atoms with Crippen molar-refractivity contribution in [2.24, 2.45) is 5.73 Å². The summed E-state index contributed by atoms with van der Waals surface area (Å²) in [4.78, 5) is 29.1. The van der Waals surface area contributed by atoms with Gasteiger partial charge in [-0.15, -0.1) is 0 Å². The van der Waals surface area contributed by atoms with Crippen LogP contribution in [0.1, 0.15) is 0 Å². The van der Waals surface area contributed by atoms with E-state index in [1.54, 1.807) is 0 Å². The van der Waals surface area contributed by atoms with E-state index in [9.17, 15) is 14.2 Å². The molecule has 0 saturated carbocycles. The van der Waals surface area contributed by atoms with Crippen LogP contribution in [0, 0.1) is 0 Å². The lowest BCUT2D eigenvalue weighted by molar-refractivity contribution is -0.144. The minimum absolute atomic E-state index is 0.0520. The van der Waals surface area contributed by atoms with Crippen molar-refractivity contribution in [1.82, 2.24) is 0 Å². The van der Waals surface area contributed by atoms with Gasteiger partial charge in [0.05, 0.1) is 13.2 Å². The van der Waals surface area contributed by atoms with Crippen molar-refractivity contribution in [1.29, 1.82) is 0 Å². The monoisotopic (exact) mass is 271 g/mol. The molecule has 0 heterocycles. The Balaban J connectivity index is 4.04. The molecule has 3 N–H and O–H groups in total. The van der Waals surface area contributed by atoms with Crippen LogP contribution in [0.5, 0.6) is 0 Å². The molecule has 0 aliphatic carbocycles. The van der Waals surface area contributed by atoms with Gasteiger partial charge in [0.25, 0.3) is 12.9 Å². The van der Waals surface area contributed by atoms with Gasteiger partial charge in [0.15, 0.2) is 6.10 Å². The Bertz CT molecular complexity index is 273. The van der Waals surface area contributed by atoms with E-state index in [0.29, 0.717) is 0 Å². The van der Waals surface area contributed by atoms with Crippen LogP contribution in [0.2, 0.25) is 0 Å². The lowest BCUT2D eigenvalue weighted by Gasteiger charge is -2.16. The Morgan fingerprint density at radius 2 is 1.94 bits per heavy atom. The van der Waals surface area contributed by atoms with Crippen LogP contribution in [-0.4, -0.2) is 50.3 Å². The fraction of sp³-hybridized carbons (Fsp3) is 0.714. The third kappa shape index (κ3) is 8.78. The number of rotatable bonds is 11. The Morgan fingerprint density at radius 1 is 1.24 bits per heavy atom. The maximum absolute atomic E-state index is 11.2. The van der Waals surface area contributed by atoms with Crippen molar-refractivity contribution >= 4 is 20.8 Å². The molecule has 0 aromatic carbocycles. The van der Waals surface area contributed by atoms with Crippen LogP contribution >= 0.6 is 7.82 Å². The summed E-state index contributed by atoms with van der Waals surface area (Å²) in [5.74, 6) is 0. The summed E-state index contributed by atoms with van der Waals surface area (Å²) >= 11 is 0. The van der Waals surface area contributed by atoms with E-state index in [1.807, 2.05) is 0 Å². The zero-order valence-corrected chi connectivity index (χ0v) is 9.78. The number of phosphoric ester groups is 1. The molecule has 2 atom stereocenters. The fourth-order valence-electron chi connectivity index (χ4n) is 0.735. The molecule has 1 unspecified atom stereocenters. The summed E-state index contributed by atoms with van der Waals surface area (Å²) in [6.07, 6.45) is -0.986. The number of ether oxygens (including phenoxy) is 2. The maximum atomic E-state index is 11.2. The van der Waals surface area contributed by atoms with Crippen LogP contribution < -0.4 is 5.73 Å². The predicted molar refractivity (Wildman–Crippen MR) is 53.7 cm³/mol. The van der Waals surface area contributed by atoms with Gasteiger partial charge in [0, 0.05) is 6.54 Å². The fourth-order valence-corrected chi connectivity index (χ4v) is 1.50. The molecule has 0 spiro atoms. The van der Waals surface area contributed by atoms with Crippen molar-refractivity contribution in [3.8, 4) is 0 Å². The van der Waals surface area contributed by atoms with Gasteiger partial charge in [-0.3, -0.25) is 18.6 Å². The third-order valence-corrected chi connectivity index (χ3v) is 2.38. The topological polar surface area (TPSA) is 134 Å². The molecular weight excluding hydrogens is 257 g/mol. The van der Waals surface area contributed by atoms with Gasteiger partial charge in [0.1, 0.15) is 6.61 Å². The molecule has 0 bridgehead atoms. The highest BCUT2D eigenvalue weighted by atomic mass is 31.2. The van der Waals surface area contributed by atoms with Crippen LogP contribution in [0.25, 0.3) is 0 Å². The third-order valence-electron chi connectivity index (χ3n) is 1.39. The minimum atomic E-state index is -4.24. The van der Waals surface area contributed by atoms with E-state index in [2.05, 4.69) is 18.5 Å². The lowest BCUT2D eigenvalue weighted by Crippen LogP contribution is -2.25. The average Bonchev–Trinajstić information content (AvgIpc) is 2.30. The zero-order valence-electron chi connectivity index (χ0n) is 8.89. The standard InChI is InChI=1S/C7H14NO8P/c8-1-2-15-17(11,12)16-4-7(14-6-10)3-13-5-9/h5-7H,1-4,8H2,(H,11,12)/t7-/m1/s1. The van der Waals surface area contributed by atoms with Gasteiger partial charge in [-0.1, -0.05) is 0 Å². The van der Waals surface area contributed by atoms with Crippen molar-refractivity contribution in [2.75, 3.05) is 26.4 Å². The number of hydrogen-bond donors (Lipinski definition) is 2. The second kappa shape index (κ2) is 9.08. The Labute approximate surface area is 97.4 Å². The quantitative estimate of drug-likeness (QED) is 0.350. The normalized spacial score (nSPS) is 15.6. The second-order valence-corrected chi connectivity index (χ2v) is 4.12. The van der Waals surface area contributed by atoms with E-state index in [-0.39, 0.29) is 32.7 Å². The average molecular weight is 271 g/mol. The largest absolute Gasteiger partial charge is 0.472 e. The highest BCUT2D eigenvalue weighted by Gasteiger charge is 2.23. The van der Waals surface area contributed by atoms with Crippen molar-refractivity contribution in [3.05, 3.63) is 0 Å². The van der Waals surface area contributed by atoms with Crippen LogP contribution in [-0.2, 0) is 32.7 Å². The van der Waals surface area contributed by atoms with Crippen molar-refractivity contribution in [3.63, 3.8) is 0 Å². The summed E-state index contributed by atoms with van der Waals surface area (Å²) in [5.41, 5.74) is 5.06. The molecule has 100 valence electrons. The first kappa shape index (κ1) is 16.0. The molecular formula is C7H14NO8P. The van der Waals surface area contributed by atoms with Gasteiger partial charge < -0.3 is 20.1 Å². The molecule has 0 radical (unpaired) electrons. The van der Waals surface area contributed by atoms with Crippen LogP contribution in [0.15, 0.2) is 0 Å². The number of nitrogens with two attached hydrogens (primary N) is 1. The number of hydrogen-bond acceptors (Lipinski definition) is 8. The lowest BCUT2D eigenvalue weighted by atomic mass is 10.4. The maximum Gasteiger partial charge on any atom is 0.472 e. The molecule has 0 aliphatic heterocycles. The molecule has 0 aliphatic rings. The van der Waals surface area contributed by atoms with E-state index in [1.165, 1.54) is 0 Å². The summed E-state index contributed by atoms with van der Waals surface area (Å²) in [6, 6.07) is 0. The molecule has 0 fully saturated rings. The molecule has 0 rings (SSSR count). The summed E-state index contributed by atoms with van der Waals surface area (Å²) < 4.78 is 28.8. The minimum Gasteiger partial charge on any atom is -0.464 e. The first-order valence-corrected chi connectivity index (χ1v) is 6.01.